The topological polar surface area (TPSA) is 35.0 Å². The molecule has 256 valence electrons. The third-order valence-corrected chi connectivity index (χ3v) is 10.8. The van der Waals surface area contributed by atoms with Crippen molar-refractivity contribution in [2.45, 2.75) is 25.7 Å². The third-order valence-electron chi connectivity index (χ3n) is 10.8. The second-order valence-electron chi connectivity index (χ2n) is 14.3. The summed E-state index contributed by atoms with van der Waals surface area (Å²) in [6.45, 7) is 0. The number of aromatic nitrogens is 2. The SMILES string of the molecule is [Pt+2].[c-]1c(Oc2[c-]c(-c3ccccn3)cc(-c3cccc4ccccc34)c2)cccc1-c1cc(-c2ccc3c(c2)CC2(Cc4ccccc4C2)C3)ccn1. The number of fused-ring (bicyclic) bond motifs is 3. The van der Waals surface area contributed by atoms with Crippen molar-refractivity contribution in [1.82, 2.24) is 9.97 Å². The number of rotatable bonds is 6. The molecule has 0 amide bonds. The molecule has 0 saturated carbocycles. The molecule has 10 rings (SSSR count). The summed E-state index contributed by atoms with van der Waals surface area (Å²) in [4.78, 5) is 9.39. The molecule has 0 aliphatic heterocycles. The van der Waals surface area contributed by atoms with Crippen molar-refractivity contribution in [1.29, 1.82) is 0 Å². The number of hydrogen-bond donors (Lipinski definition) is 0. The van der Waals surface area contributed by atoms with Gasteiger partial charge in [-0.15, -0.1) is 35.4 Å². The van der Waals surface area contributed by atoms with E-state index in [1.165, 1.54) is 51.4 Å². The second kappa shape index (κ2) is 13.7. The van der Waals surface area contributed by atoms with Crippen LogP contribution in [0.3, 0.4) is 0 Å². The average Bonchev–Trinajstić information content (AvgIpc) is 3.75. The number of nitrogens with zero attached hydrogens (tertiary/aromatic N) is 2. The van der Waals surface area contributed by atoms with Gasteiger partial charge in [-0.25, -0.2) is 0 Å². The van der Waals surface area contributed by atoms with Gasteiger partial charge in [-0.1, -0.05) is 127 Å². The standard InChI is InChI=1S/C49H34N2O.Pt/c1-2-11-38-30-49(29-37(38)10-1)31-39-19-18-34(23-42(39)32-49)35-20-22-51-48(28-35)36-13-7-14-43(25-36)52-44-26-40(24-41(27-44)47-17-5-6-21-50-47)46-16-8-12-33-9-3-4-15-45(33)46;/h1-24,26,28H,29-32H2;/q-2;+2. The van der Waals surface area contributed by atoms with E-state index in [-0.39, 0.29) is 21.1 Å². The summed E-state index contributed by atoms with van der Waals surface area (Å²) in [7, 11) is 0. The smallest absolute Gasteiger partial charge is 0.497 e. The van der Waals surface area contributed by atoms with Gasteiger partial charge in [-0.2, -0.15) is 0 Å². The molecule has 0 N–H and O–H groups in total. The van der Waals surface area contributed by atoms with E-state index < -0.39 is 0 Å². The molecule has 0 fully saturated rings. The van der Waals surface area contributed by atoms with E-state index in [0.29, 0.717) is 16.9 Å². The zero-order chi connectivity index (χ0) is 34.5. The maximum Gasteiger partial charge on any atom is 2.00 e. The van der Waals surface area contributed by atoms with Gasteiger partial charge in [-0.3, -0.25) is 0 Å². The van der Waals surface area contributed by atoms with Gasteiger partial charge in [0.05, 0.1) is 0 Å². The minimum atomic E-state index is 0. The van der Waals surface area contributed by atoms with Crippen LogP contribution < -0.4 is 4.74 Å². The minimum Gasteiger partial charge on any atom is -0.497 e. The number of ether oxygens (including phenoxy) is 1. The van der Waals surface area contributed by atoms with Gasteiger partial charge < -0.3 is 14.7 Å². The van der Waals surface area contributed by atoms with Crippen LogP contribution in [0, 0.1) is 17.5 Å². The van der Waals surface area contributed by atoms with E-state index in [0.717, 1.165) is 52.0 Å². The maximum atomic E-state index is 6.54. The Bertz CT molecular complexity index is 2600. The number of benzene rings is 6. The molecule has 0 atom stereocenters. The predicted molar refractivity (Wildman–Crippen MR) is 209 cm³/mol. The van der Waals surface area contributed by atoms with Crippen molar-refractivity contribution in [3.8, 4) is 56.3 Å². The zero-order valence-corrected chi connectivity index (χ0v) is 31.2. The summed E-state index contributed by atoms with van der Waals surface area (Å²) in [6.07, 6.45) is 8.35. The molecular weight excluding hydrogens is 828 g/mol. The van der Waals surface area contributed by atoms with E-state index in [9.17, 15) is 0 Å². The summed E-state index contributed by atoms with van der Waals surface area (Å²) in [6, 6.07) is 58.2. The summed E-state index contributed by atoms with van der Waals surface area (Å²) in [5, 5.41) is 2.37. The van der Waals surface area contributed by atoms with Crippen molar-refractivity contribution < 1.29 is 25.8 Å². The molecule has 0 unspecified atom stereocenters. The van der Waals surface area contributed by atoms with Gasteiger partial charge in [0.2, 0.25) is 0 Å². The predicted octanol–water partition coefficient (Wildman–Crippen LogP) is 11.6. The van der Waals surface area contributed by atoms with Gasteiger partial charge in [-0.05, 0) is 104 Å². The maximum absolute atomic E-state index is 6.54. The van der Waals surface area contributed by atoms with Crippen LogP contribution in [-0.2, 0) is 46.7 Å². The molecule has 1 spiro atoms. The van der Waals surface area contributed by atoms with E-state index in [1.807, 2.05) is 42.6 Å². The van der Waals surface area contributed by atoms with Crippen LogP contribution in [0.2, 0.25) is 0 Å². The fourth-order valence-corrected chi connectivity index (χ4v) is 8.46. The molecule has 0 saturated heterocycles. The Kier molecular flexibility index (Phi) is 8.61. The van der Waals surface area contributed by atoms with Crippen LogP contribution in [0.5, 0.6) is 11.5 Å². The third kappa shape index (κ3) is 6.41. The Labute approximate surface area is 324 Å². The first-order valence-corrected chi connectivity index (χ1v) is 18.0. The molecule has 8 aromatic rings. The van der Waals surface area contributed by atoms with E-state index in [1.54, 1.807) is 6.20 Å². The Morgan fingerprint density at radius 3 is 2.02 bits per heavy atom. The molecular formula is C49H34N2OPt. The Morgan fingerprint density at radius 1 is 0.472 bits per heavy atom. The summed E-state index contributed by atoms with van der Waals surface area (Å²) < 4.78 is 6.54. The van der Waals surface area contributed by atoms with Crippen LogP contribution in [0.4, 0.5) is 0 Å². The zero-order valence-electron chi connectivity index (χ0n) is 29.0. The van der Waals surface area contributed by atoms with E-state index in [4.69, 9.17) is 9.72 Å². The molecule has 2 aromatic heterocycles. The monoisotopic (exact) mass is 861 g/mol. The average molecular weight is 862 g/mol. The molecule has 4 heteroatoms. The first kappa shape index (κ1) is 33.2. The molecule has 3 nitrogen and oxygen atoms in total. The van der Waals surface area contributed by atoms with Gasteiger partial charge in [0.1, 0.15) is 0 Å². The van der Waals surface area contributed by atoms with Gasteiger partial charge in [0.15, 0.2) is 0 Å². The first-order chi connectivity index (χ1) is 25.6. The van der Waals surface area contributed by atoms with E-state index >= 15 is 0 Å². The van der Waals surface area contributed by atoms with E-state index in [2.05, 4.69) is 126 Å². The summed E-state index contributed by atoms with van der Waals surface area (Å²) >= 11 is 0. The summed E-state index contributed by atoms with van der Waals surface area (Å²) in [5.41, 5.74) is 14.3. The minimum absolute atomic E-state index is 0. The van der Waals surface area contributed by atoms with Gasteiger partial charge >= 0.3 is 21.1 Å². The van der Waals surface area contributed by atoms with Crippen LogP contribution in [0.1, 0.15) is 22.3 Å². The second-order valence-corrected chi connectivity index (χ2v) is 14.3. The van der Waals surface area contributed by atoms with Crippen molar-refractivity contribution in [2.75, 3.05) is 0 Å². The molecule has 6 aromatic carbocycles. The van der Waals surface area contributed by atoms with Crippen molar-refractivity contribution in [3.05, 3.63) is 192 Å². The summed E-state index contributed by atoms with van der Waals surface area (Å²) in [5.74, 6) is 1.20. The van der Waals surface area contributed by atoms with Crippen molar-refractivity contribution >= 4 is 10.8 Å². The van der Waals surface area contributed by atoms with Crippen molar-refractivity contribution in [3.63, 3.8) is 0 Å². The normalized spacial score (nSPS) is 13.7. The Hall–Kier alpha value is -5.63. The van der Waals surface area contributed by atoms with Gasteiger partial charge in [0, 0.05) is 23.9 Å². The molecule has 2 heterocycles. The molecule has 2 aliphatic rings. The Balaban J connectivity index is 0.00000372. The molecule has 0 bridgehead atoms. The van der Waals surface area contributed by atoms with Crippen LogP contribution in [0.25, 0.3) is 55.5 Å². The van der Waals surface area contributed by atoms with Crippen LogP contribution in [-0.4, -0.2) is 9.97 Å². The van der Waals surface area contributed by atoms with Crippen LogP contribution >= 0.6 is 0 Å². The van der Waals surface area contributed by atoms with Crippen molar-refractivity contribution in [2.24, 2.45) is 5.41 Å². The first-order valence-electron chi connectivity index (χ1n) is 18.0. The van der Waals surface area contributed by atoms with Gasteiger partial charge in [0.25, 0.3) is 0 Å². The quantitative estimate of drug-likeness (QED) is 0.156. The van der Waals surface area contributed by atoms with Crippen LogP contribution in [0.15, 0.2) is 158 Å². The molecule has 53 heavy (non-hydrogen) atoms. The number of hydrogen-bond acceptors (Lipinski definition) is 3. The largest absolute Gasteiger partial charge is 2.00 e. The molecule has 2 aliphatic carbocycles. The fraction of sp³-hybridized carbons (Fsp3) is 0.102. The number of pyridine rings is 2. The fourth-order valence-electron chi connectivity index (χ4n) is 8.46. The molecule has 0 radical (unpaired) electrons. The Morgan fingerprint density at radius 2 is 1.17 bits per heavy atom.